The maximum absolute atomic E-state index is 12.8. The molecule has 0 spiro atoms. The standard InChI is InChI=1S/C21H29N5O/c1-23(2)15-21-16-24(11-18-7-4-3-5-8-18)12-19(21)13-25(17-21)20(27)14-26-10-6-9-22-26/h3-10,19H,11-17H2,1-2H3/t19-,21+/m1/s1. The first-order valence-electron chi connectivity index (χ1n) is 9.70. The Bertz CT molecular complexity index is 760. The van der Waals surface area contributed by atoms with E-state index in [1.165, 1.54) is 5.56 Å². The summed E-state index contributed by atoms with van der Waals surface area (Å²) in [5.74, 6) is 0.714. The maximum atomic E-state index is 12.8. The second-order valence-corrected chi connectivity index (χ2v) is 8.43. The monoisotopic (exact) mass is 367 g/mol. The van der Waals surface area contributed by atoms with Crippen molar-refractivity contribution in [3.05, 3.63) is 54.4 Å². The van der Waals surface area contributed by atoms with Crippen LogP contribution in [0, 0.1) is 11.3 Å². The fourth-order valence-corrected chi connectivity index (χ4v) is 4.93. The van der Waals surface area contributed by atoms with Gasteiger partial charge in [-0.3, -0.25) is 14.4 Å². The number of likely N-dealkylation sites (tertiary alicyclic amines) is 2. The molecule has 0 N–H and O–H groups in total. The first-order chi connectivity index (χ1) is 13.0. The smallest absolute Gasteiger partial charge is 0.244 e. The van der Waals surface area contributed by atoms with Gasteiger partial charge in [0.25, 0.3) is 0 Å². The van der Waals surface area contributed by atoms with Gasteiger partial charge in [-0.05, 0) is 31.6 Å². The average Bonchev–Trinajstić information content (AvgIpc) is 3.30. The topological polar surface area (TPSA) is 44.6 Å². The van der Waals surface area contributed by atoms with Gasteiger partial charge in [-0.1, -0.05) is 30.3 Å². The largest absolute Gasteiger partial charge is 0.340 e. The Balaban J connectivity index is 1.44. The van der Waals surface area contributed by atoms with Gasteiger partial charge in [0, 0.05) is 57.1 Å². The Morgan fingerprint density at radius 3 is 2.70 bits per heavy atom. The molecule has 1 aromatic heterocycles. The van der Waals surface area contributed by atoms with Gasteiger partial charge < -0.3 is 9.80 Å². The van der Waals surface area contributed by atoms with E-state index in [4.69, 9.17) is 0 Å². The average molecular weight is 367 g/mol. The number of benzene rings is 1. The van der Waals surface area contributed by atoms with Crippen molar-refractivity contribution in [2.75, 3.05) is 46.8 Å². The van der Waals surface area contributed by atoms with Crippen molar-refractivity contribution in [2.24, 2.45) is 11.3 Å². The lowest BCUT2D eigenvalue weighted by molar-refractivity contribution is -0.131. The molecule has 0 aliphatic carbocycles. The van der Waals surface area contributed by atoms with Crippen LogP contribution in [0.2, 0.25) is 0 Å². The number of hydrogen-bond acceptors (Lipinski definition) is 4. The quantitative estimate of drug-likeness (QED) is 0.774. The number of rotatable bonds is 6. The minimum absolute atomic E-state index is 0.165. The predicted octanol–water partition coefficient (Wildman–Crippen LogP) is 1.41. The van der Waals surface area contributed by atoms with Gasteiger partial charge in [0.1, 0.15) is 6.54 Å². The van der Waals surface area contributed by atoms with Crippen LogP contribution in [-0.4, -0.2) is 77.2 Å². The molecule has 2 atom stereocenters. The third-order valence-corrected chi connectivity index (χ3v) is 5.92. The van der Waals surface area contributed by atoms with Crippen LogP contribution in [0.5, 0.6) is 0 Å². The lowest BCUT2D eigenvalue weighted by atomic mass is 9.80. The van der Waals surface area contributed by atoms with Gasteiger partial charge in [-0.25, -0.2) is 0 Å². The van der Waals surface area contributed by atoms with E-state index < -0.39 is 0 Å². The highest BCUT2D eigenvalue weighted by molar-refractivity contribution is 5.76. The van der Waals surface area contributed by atoms with E-state index in [0.29, 0.717) is 12.5 Å². The zero-order valence-corrected chi connectivity index (χ0v) is 16.3. The van der Waals surface area contributed by atoms with Crippen LogP contribution >= 0.6 is 0 Å². The first kappa shape index (κ1) is 18.2. The molecule has 1 amide bonds. The molecule has 4 rings (SSSR count). The highest BCUT2D eigenvalue weighted by Crippen LogP contribution is 2.43. The molecular weight excluding hydrogens is 338 g/mol. The maximum Gasteiger partial charge on any atom is 0.244 e. The van der Waals surface area contributed by atoms with Crippen molar-refractivity contribution in [1.29, 1.82) is 0 Å². The SMILES string of the molecule is CN(C)C[C@@]12CN(Cc3ccccc3)C[C@@H]1CN(C(=O)Cn1cccn1)C2. The summed E-state index contributed by atoms with van der Waals surface area (Å²) in [6.45, 7) is 6.18. The highest BCUT2D eigenvalue weighted by atomic mass is 16.2. The third-order valence-electron chi connectivity index (χ3n) is 5.92. The molecule has 144 valence electrons. The molecule has 6 nitrogen and oxygen atoms in total. The summed E-state index contributed by atoms with van der Waals surface area (Å²) in [6.07, 6.45) is 3.58. The molecule has 0 bridgehead atoms. The van der Waals surface area contributed by atoms with Crippen LogP contribution in [-0.2, 0) is 17.9 Å². The molecule has 2 aliphatic heterocycles. The van der Waals surface area contributed by atoms with Gasteiger partial charge in [0.05, 0.1) is 0 Å². The van der Waals surface area contributed by atoms with Gasteiger partial charge in [-0.2, -0.15) is 5.10 Å². The van der Waals surface area contributed by atoms with Gasteiger partial charge in [0.15, 0.2) is 0 Å². The number of hydrogen-bond donors (Lipinski definition) is 0. The molecular formula is C21H29N5O. The predicted molar refractivity (Wildman–Crippen MR) is 105 cm³/mol. The molecule has 2 saturated heterocycles. The number of carbonyl (C=O) groups excluding carboxylic acids is 1. The van der Waals surface area contributed by atoms with Crippen LogP contribution < -0.4 is 0 Å². The van der Waals surface area contributed by atoms with Gasteiger partial charge in [-0.15, -0.1) is 0 Å². The Hall–Kier alpha value is -2.18. The van der Waals surface area contributed by atoms with Crippen LogP contribution in [0.3, 0.4) is 0 Å². The molecule has 0 radical (unpaired) electrons. The van der Waals surface area contributed by atoms with E-state index in [0.717, 1.165) is 39.3 Å². The Kier molecular flexibility index (Phi) is 5.02. The number of fused-ring (bicyclic) bond motifs is 1. The summed E-state index contributed by atoms with van der Waals surface area (Å²) in [6, 6.07) is 12.5. The second-order valence-electron chi connectivity index (χ2n) is 8.43. The molecule has 2 aromatic rings. The van der Waals surface area contributed by atoms with Crippen molar-refractivity contribution in [3.8, 4) is 0 Å². The molecule has 2 fully saturated rings. The van der Waals surface area contributed by atoms with E-state index in [9.17, 15) is 4.79 Å². The van der Waals surface area contributed by atoms with Crippen molar-refractivity contribution in [1.82, 2.24) is 24.5 Å². The fraction of sp³-hybridized carbons (Fsp3) is 0.524. The Morgan fingerprint density at radius 1 is 1.19 bits per heavy atom. The van der Waals surface area contributed by atoms with E-state index >= 15 is 0 Å². The van der Waals surface area contributed by atoms with E-state index in [1.54, 1.807) is 10.9 Å². The lowest BCUT2D eigenvalue weighted by Crippen LogP contribution is -2.43. The van der Waals surface area contributed by atoms with E-state index in [1.807, 2.05) is 12.3 Å². The number of aromatic nitrogens is 2. The summed E-state index contributed by atoms with van der Waals surface area (Å²) in [4.78, 5) is 19.7. The van der Waals surface area contributed by atoms with Crippen LogP contribution in [0.4, 0.5) is 0 Å². The van der Waals surface area contributed by atoms with Crippen LogP contribution in [0.15, 0.2) is 48.8 Å². The zero-order valence-electron chi connectivity index (χ0n) is 16.3. The van der Waals surface area contributed by atoms with Gasteiger partial charge in [0.2, 0.25) is 5.91 Å². The summed E-state index contributed by atoms with van der Waals surface area (Å²) in [5.41, 5.74) is 1.53. The number of nitrogens with zero attached hydrogens (tertiary/aromatic N) is 5. The van der Waals surface area contributed by atoms with Crippen molar-refractivity contribution < 1.29 is 4.79 Å². The fourth-order valence-electron chi connectivity index (χ4n) is 4.93. The van der Waals surface area contributed by atoms with Crippen molar-refractivity contribution >= 4 is 5.91 Å². The van der Waals surface area contributed by atoms with Crippen molar-refractivity contribution in [2.45, 2.75) is 13.1 Å². The molecule has 1 aromatic carbocycles. The molecule has 0 saturated carbocycles. The molecule has 6 heteroatoms. The zero-order chi connectivity index (χ0) is 18.9. The van der Waals surface area contributed by atoms with Crippen LogP contribution in [0.25, 0.3) is 0 Å². The van der Waals surface area contributed by atoms with Crippen molar-refractivity contribution in [3.63, 3.8) is 0 Å². The van der Waals surface area contributed by atoms with E-state index in [2.05, 4.69) is 64.2 Å². The summed E-state index contributed by atoms with van der Waals surface area (Å²) in [7, 11) is 4.28. The third kappa shape index (κ3) is 3.92. The first-order valence-corrected chi connectivity index (χ1v) is 9.70. The molecule has 27 heavy (non-hydrogen) atoms. The summed E-state index contributed by atoms with van der Waals surface area (Å²) >= 11 is 0. The highest BCUT2D eigenvalue weighted by Gasteiger charge is 2.53. The minimum atomic E-state index is 0.165. The lowest BCUT2D eigenvalue weighted by Gasteiger charge is -2.32. The molecule has 2 aliphatic rings. The number of carbonyl (C=O) groups is 1. The minimum Gasteiger partial charge on any atom is -0.340 e. The number of amides is 1. The van der Waals surface area contributed by atoms with Crippen LogP contribution in [0.1, 0.15) is 5.56 Å². The second kappa shape index (κ2) is 7.44. The summed E-state index contributed by atoms with van der Waals surface area (Å²) in [5, 5.41) is 4.18. The Labute approximate surface area is 161 Å². The molecule has 3 heterocycles. The molecule has 0 unspecified atom stereocenters. The van der Waals surface area contributed by atoms with Gasteiger partial charge >= 0.3 is 0 Å². The summed E-state index contributed by atoms with van der Waals surface area (Å²) < 4.78 is 1.72. The Morgan fingerprint density at radius 2 is 2.00 bits per heavy atom. The normalized spacial score (nSPS) is 25.3. The van der Waals surface area contributed by atoms with E-state index in [-0.39, 0.29) is 11.3 Å².